The lowest BCUT2D eigenvalue weighted by Crippen LogP contribution is -2.43. The Morgan fingerprint density at radius 3 is 2.39 bits per heavy atom. The zero-order valence-electron chi connectivity index (χ0n) is 9.94. The molecular formula is C12H15FN2O3. The summed E-state index contributed by atoms with van der Waals surface area (Å²) in [7, 11) is 0. The quantitative estimate of drug-likeness (QED) is 0.690. The summed E-state index contributed by atoms with van der Waals surface area (Å²) in [6.07, 6.45) is 0.520. The van der Waals surface area contributed by atoms with Crippen LogP contribution in [0.3, 0.4) is 0 Å². The minimum atomic E-state index is -0.853. The zero-order chi connectivity index (χ0) is 13.5. The molecule has 0 saturated carbocycles. The van der Waals surface area contributed by atoms with Gasteiger partial charge in [0.15, 0.2) is 0 Å². The lowest BCUT2D eigenvalue weighted by atomic mass is 10.2. The molecule has 98 valence electrons. The number of benzene rings is 1. The first kappa shape index (κ1) is 14.1. The van der Waals surface area contributed by atoms with Gasteiger partial charge in [-0.05, 0) is 30.7 Å². The van der Waals surface area contributed by atoms with Crippen molar-refractivity contribution in [2.45, 2.75) is 19.4 Å². The van der Waals surface area contributed by atoms with E-state index in [1.165, 1.54) is 24.3 Å². The molecule has 0 radical (unpaired) electrons. The van der Waals surface area contributed by atoms with Crippen LogP contribution in [0.15, 0.2) is 24.3 Å². The second-order valence-electron chi connectivity index (χ2n) is 3.72. The molecule has 2 amide bonds. The summed E-state index contributed by atoms with van der Waals surface area (Å²) >= 11 is 0. The maximum atomic E-state index is 12.6. The summed E-state index contributed by atoms with van der Waals surface area (Å²) in [5, 5.41) is 13.6. The van der Waals surface area contributed by atoms with Crippen molar-refractivity contribution in [3.63, 3.8) is 0 Å². The SMILES string of the molecule is CCC(CO)NC(=O)C(=O)Nc1ccc(F)cc1. The Labute approximate surface area is 104 Å². The van der Waals surface area contributed by atoms with Gasteiger partial charge in [0.05, 0.1) is 12.6 Å². The molecule has 6 heteroatoms. The van der Waals surface area contributed by atoms with E-state index in [-0.39, 0.29) is 6.61 Å². The van der Waals surface area contributed by atoms with Crippen LogP contribution in [0.1, 0.15) is 13.3 Å². The number of anilines is 1. The minimum Gasteiger partial charge on any atom is -0.394 e. The molecule has 3 N–H and O–H groups in total. The summed E-state index contributed by atoms with van der Waals surface area (Å²) in [5.41, 5.74) is 0.327. The van der Waals surface area contributed by atoms with Crippen molar-refractivity contribution in [3.05, 3.63) is 30.1 Å². The molecule has 1 aromatic rings. The normalized spacial score (nSPS) is 11.7. The van der Waals surface area contributed by atoms with Crippen LogP contribution in [0.5, 0.6) is 0 Å². The van der Waals surface area contributed by atoms with Gasteiger partial charge in [0.1, 0.15) is 5.82 Å². The smallest absolute Gasteiger partial charge is 0.313 e. The third-order valence-electron chi connectivity index (χ3n) is 2.36. The van der Waals surface area contributed by atoms with Crippen molar-refractivity contribution < 1.29 is 19.1 Å². The molecule has 0 aliphatic rings. The highest BCUT2D eigenvalue weighted by atomic mass is 19.1. The maximum absolute atomic E-state index is 12.6. The summed E-state index contributed by atoms with van der Waals surface area (Å²) in [6, 6.07) is 4.61. The Balaban J connectivity index is 2.54. The van der Waals surface area contributed by atoms with Gasteiger partial charge < -0.3 is 15.7 Å². The Morgan fingerprint density at radius 2 is 1.89 bits per heavy atom. The topological polar surface area (TPSA) is 78.4 Å². The van der Waals surface area contributed by atoms with E-state index in [0.717, 1.165) is 0 Å². The van der Waals surface area contributed by atoms with Gasteiger partial charge in [-0.3, -0.25) is 9.59 Å². The monoisotopic (exact) mass is 254 g/mol. The molecule has 0 saturated heterocycles. The Kier molecular flexibility index (Phi) is 5.26. The van der Waals surface area contributed by atoms with E-state index in [1.54, 1.807) is 6.92 Å². The van der Waals surface area contributed by atoms with Crippen LogP contribution in [0.4, 0.5) is 10.1 Å². The van der Waals surface area contributed by atoms with Crippen LogP contribution in [0, 0.1) is 5.82 Å². The number of amides is 2. The van der Waals surface area contributed by atoms with E-state index < -0.39 is 23.7 Å². The molecule has 0 heterocycles. The molecule has 0 aliphatic carbocycles. The number of halogens is 1. The van der Waals surface area contributed by atoms with Crippen LogP contribution in [-0.2, 0) is 9.59 Å². The van der Waals surface area contributed by atoms with Crippen molar-refractivity contribution in [2.24, 2.45) is 0 Å². The Bertz CT molecular complexity index is 416. The van der Waals surface area contributed by atoms with Crippen molar-refractivity contribution in [1.82, 2.24) is 5.32 Å². The predicted octanol–water partition coefficient (Wildman–Crippen LogP) is 0.651. The fraction of sp³-hybridized carbons (Fsp3) is 0.333. The molecule has 1 aromatic carbocycles. The number of rotatable bonds is 4. The Morgan fingerprint density at radius 1 is 1.28 bits per heavy atom. The van der Waals surface area contributed by atoms with Crippen molar-refractivity contribution in [3.8, 4) is 0 Å². The number of aliphatic hydroxyl groups excluding tert-OH is 1. The van der Waals surface area contributed by atoms with Crippen molar-refractivity contribution in [1.29, 1.82) is 0 Å². The van der Waals surface area contributed by atoms with Gasteiger partial charge in [-0.15, -0.1) is 0 Å². The minimum absolute atomic E-state index is 0.230. The van der Waals surface area contributed by atoms with Crippen molar-refractivity contribution >= 4 is 17.5 Å². The fourth-order valence-electron chi connectivity index (χ4n) is 1.25. The Hall–Kier alpha value is -1.95. The van der Waals surface area contributed by atoms with Gasteiger partial charge in [0.25, 0.3) is 0 Å². The standard InChI is InChI=1S/C12H15FN2O3/c1-2-9(7-16)14-11(17)12(18)15-10-5-3-8(13)4-6-10/h3-6,9,16H,2,7H2,1H3,(H,14,17)(H,15,18). The molecule has 5 nitrogen and oxygen atoms in total. The first-order chi connectivity index (χ1) is 8.56. The molecule has 0 spiro atoms. The molecule has 0 aromatic heterocycles. The predicted molar refractivity (Wildman–Crippen MR) is 64.3 cm³/mol. The van der Waals surface area contributed by atoms with E-state index in [2.05, 4.69) is 10.6 Å². The second kappa shape index (κ2) is 6.70. The summed E-state index contributed by atoms with van der Waals surface area (Å²) < 4.78 is 12.6. The fourth-order valence-corrected chi connectivity index (χ4v) is 1.25. The van der Waals surface area contributed by atoms with Crippen LogP contribution in [-0.4, -0.2) is 29.6 Å². The van der Waals surface area contributed by atoms with Gasteiger partial charge in [-0.25, -0.2) is 4.39 Å². The van der Waals surface area contributed by atoms with Crippen LogP contribution in [0.2, 0.25) is 0 Å². The number of carbonyl (C=O) groups is 2. The second-order valence-corrected chi connectivity index (χ2v) is 3.72. The van der Waals surface area contributed by atoms with Crippen molar-refractivity contribution in [2.75, 3.05) is 11.9 Å². The molecular weight excluding hydrogens is 239 g/mol. The first-order valence-corrected chi connectivity index (χ1v) is 5.55. The third kappa shape index (κ3) is 4.14. The molecule has 0 fully saturated rings. The lowest BCUT2D eigenvalue weighted by molar-refractivity contribution is -0.136. The maximum Gasteiger partial charge on any atom is 0.313 e. The van der Waals surface area contributed by atoms with Gasteiger partial charge in [0, 0.05) is 5.69 Å². The van der Waals surface area contributed by atoms with Gasteiger partial charge in [-0.2, -0.15) is 0 Å². The average Bonchev–Trinajstić information content (AvgIpc) is 2.38. The summed E-state index contributed by atoms with van der Waals surface area (Å²) in [6.45, 7) is 1.55. The molecule has 1 rings (SSSR count). The highest BCUT2D eigenvalue weighted by Gasteiger charge is 2.17. The number of hydrogen-bond donors (Lipinski definition) is 3. The summed E-state index contributed by atoms with van der Waals surface area (Å²) in [4.78, 5) is 22.9. The lowest BCUT2D eigenvalue weighted by Gasteiger charge is -2.13. The molecule has 1 atom stereocenters. The number of nitrogens with one attached hydrogen (secondary N) is 2. The van der Waals surface area contributed by atoms with Gasteiger partial charge in [0.2, 0.25) is 0 Å². The number of hydrogen-bond acceptors (Lipinski definition) is 3. The highest BCUT2D eigenvalue weighted by Crippen LogP contribution is 2.07. The van der Waals surface area contributed by atoms with Crippen LogP contribution < -0.4 is 10.6 Å². The van der Waals surface area contributed by atoms with E-state index in [9.17, 15) is 14.0 Å². The summed E-state index contributed by atoms with van der Waals surface area (Å²) in [5.74, 6) is -2.11. The zero-order valence-corrected chi connectivity index (χ0v) is 9.94. The molecule has 0 bridgehead atoms. The average molecular weight is 254 g/mol. The van der Waals surface area contributed by atoms with Crippen LogP contribution >= 0.6 is 0 Å². The number of carbonyl (C=O) groups excluding carboxylic acids is 2. The van der Waals surface area contributed by atoms with Crippen LogP contribution in [0.25, 0.3) is 0 Å². The molecule has 18 heavy (non-hydrogen) atoms. The largest absolute Gasteiger partial charge is 0.394 e. The van der Waals surface area contributed by atoms with Gasteiger partial charge in [-0.1, -0.05) is 6.92 Å². The number of aliphatic hydroxyl groups is 1. The molecule has 1 unspecified atom stereocenters. The highest BCUT2D eigenvalue weighted by molar-refractivity contribution is 6.39. The van der Waals surface area contributed by atoms with E-state index in [0.29, 0.717) is 12.1 Å². The van der Waals surface area contributed by atoms with E-state index >= 15 is 0 Å². The third-order valence-corrected chi connectivity index (χ3v) is 2.36. The van der Waals surface area contributed by atoms with E-state index in [4.69, 9.17) is 5.11 Å². The molecule has 0 aliphatic heterocycles. The first-order valence-electron chi connectivity index (χ1n) is 5.55. The van der Waals surface area contributed by atoms with E-state index in [1.807, 2.05) is 0 Å². The van der Waals surface area contributed by atoms with Gasteiger partial charge >= 0.3 is 11.8 Å².